The summed E-state index contributed by atoms with van der Waals surface area (Å²) in [6.07, 6.45) is 6.39. The number of likely N-dealkylation sites (tertiary alicyclic amines) is 1. The molecule has 0 bridgehead atoms. The second-order valence-electron chi connectivity index (χ2n) is 9.26. The van der Waals surface area contributed by atoms with Crippen LogP contribution in [0, 0.1) is 0 Å². The Hall–Kier alpha value is -2.13. The van der Waals surface area contributed by atoms with Gasteiger partial charge in [0, 0.05) is 30.9 Å². The first-order chi connectivity index (χ1) is 14.1. The van der Waals surface area contributed by atoms with Crippen molar-refractivity contribution in [3.63, 3.8) is 0 Å². The van der Waals surface area contributed by atoms with Gasteiger partial charge in [-0.3, -0.25) is 4.98 Å². The van der Waals surface area contributed by atoms with Gasteiger partial charge in [-0.25, -0.2) is 17.9 Å². The molecule has 1 saturated heterocycles. The summed E-state index contributed by atoms with van der Waals surface area (Å²) in [4.78, 5) is 17.9. The third-order valence-corrected chi connectivity index (χ3v) is 7.63. The minimum atomic E-state index is -3.47. The maximum atomic E-state index is 12.7. The predicted molar refractivity (Wildman–Crippen MR) is 113 cm³/mol. The Balaban J connectivity index is 1.28. The Kier molecular flexibility index (Phi) is 5.52. The van der Waals surface area contributed by atoms with E-state index in [1.165, 1.54) is 4.90 Å². The second kappa shape index (κ2) is 7.85. The van der Waals surface area contributed by atoms with E-state index in [-0.39, 0.29) is 19.1 Å². The zero-order valence-corrected chi connectivity index (χ0v) is 18.4. The van der Waals surface area contributed by atoms with Crippen molar-refractivity contribution in [3.8, 4) is 0 Å². The number of carbonyl (C=O) groups is 1. The first-order valence-electron chi connectivity index (χ1n) is 10.4. The van der Waals surface area contributed by atoms with E-state index in [4.69, 9.17) is 9.15 Å². The molecule has 164 valence electrons. The van der Waals surface area contributed by atoms with E-state index in [0.29, 0.717) is 5.92 Å². The highest BCUT2D eigenvalue weighted by atomic mass is 32.2. The Bertz CT molecular complexity index is 1010. The predicted octanol–water partition coefficient (Wildman–Crippen LogP) is 3.39. The van der Waals surface area contributed by atoms with Crippen LogP contribution in [-0.2, 0) is 14.8 Å². The van der Waals surface area contributed by atoms with E-state index < -0.39 is 27.0 Å². The molecule has 0 atom stereocenters. The normalized spacial score (nSPS) is 23.4. The van der Waals surface area contributed by atoms with Gasteiger partial charge in [-0.1, -0.05) is 0 Å². The van der Waals surface area contributed by atoms with Crippen LogP contribution in [0.1, 0.15) is 57.9 Å². The average molecular weight is 436 g/mol. The number of sulfonamides is 1. The summed E-state index contributed by atoms with van der Waals surface area (Å²) in [6, 6.07) is 3.68. The summed E-state index contributed by atoms with van der Waals surface area (Å²) in [5.74, 6) is 0.327. The van der Waals surface area contributed by atoms with Crippen LogP contribution >= 0.6 is 0 Å². The van der Waals surface area contributed by atoms with E-state index in [1.54, 1.807) is 33.2 Å². The molecule has 30 heavy (non-hydrogen) atoms. The number of fused-ring (bicyclic) bond motifs is 1. The average Bonchev–Trinajstić information content (AvgIpc) is 3.03. The third-order valence-electron chi connectivity index (χ3n) is 5.79. The quantitative estimate of drug-likeness (QED) is 0.790. The Morgan fingerprint density at radius 1 is 1.23 bits per heavy atom. The van der Waals surface area contributed by atoms with Crippen molar-refractivity contribution in [1.82, 2.24) is 14.6 Å². The van der Waals surface area contributed by atoms with Crippen molar-refractivity contribution in [1.29, 1.82) is 0 Å². The van der Waals surface area contributed by atoms with E-state index in [2.05, 4.69) is 9.71 Å². The van der Waals surface area contributed by atoms with E-state index in [0.717, 1.165) is 42.3 Å². The van der Waals surface area contributed by atoms with Crippen molar-refractivity contribution in [2.75, 3.05) is 13.1 Å². The largest absolute Gasteiger partial charge is 0.462 e. The molecule has 0 aromatic carbocycles. The van der Waals surface area contributed by atoms with Crippen LogP contribution in [-0.4, -0.2) is 54.4 Å². The summed E-state index contributed by atoms with van der Waals surface area (Å²) >= 11 is 0. The number of pyridine rings is 1. The number of hydrogen-bond acceptors (Lipinski definition) is 6. The molecule has 0 radical (unpaired) electrons. The summed E-state index contributed by atoms with van der Waals surface area (Å²) in [6.45, 7) is 5.72. The molecule has 2 aliphatic rings. The second-order valence-corrected chi connectivity index (χ2v) is 11.3. The van der Waals surface area contributed by atoms with Gasteiger partial charge in [0.05, 0.1) is 6.26 Å². The van der Waals surface area contributed by atoms with Gasteiger partial charge >= 0.3 is 6.09 Å². The summed E-state index contributed by atoms with van der Waals surface area (Å²) in [5, 5.41) is -0.579. The minimum absolute atomic E-state index is 0.0760. The summed E-state index contributed by atoms with van der Waals surface area (Å²) in [5.41, 5.74) is 2.21. The molecule has 1 aliphatic heterocycles. The van der Waals surface area contributed by atoms with Crippen LogP contribution in [0.2, 0.25) is 0 Å². The van der Waals surface area contributed by atoms with Crippen LogP contribution in [0.5, 0.6) is 0 Å². The van der Waals surface area contributed by atoms with Gasteiger partial charge in [0.2, 0.25) is 10.0 Å². The van der Waals surface area contributed by atoms with Crippen molar-refractivity contribution in [2.45, 2.75) is 69.3 Å². The number of aromatic nitrogens is 1. The number of nitrogens with zero attached hydrogens (tertiary/aromatic N) is 2. The number of furan rings is 1. The Morgan fingerprint density at radius 3 is 2.60 bits per heavy atom. The van der Waals surface area contributed by atoms with Gasteiger partial charge in [0.15, 0.2) is 5.58 Å². The lowest BCUT2D eigenvalue weighted by molar-refractivity contribution is 0.0138. The zero-order chi connectivity index (χ0) is 21.5. The molecule has 9 heteroatoms. The number of rotatable bonds is 4. The van der Waals surface area contributed by atoms with Gasteiger partial charge in [0.25, 0.3) is 0 Å². The molecule has 2 aromatic rings. The highest BCUT2D eigenvalue weighted by Gasteiger charge is 2.42. The molecular weight excluding hydrogens is 406 g/mol. The summed E-state index contributed by atoms with van der Waals surface area (Å²) < 4.78 is 39.2. The molecule has 1 aliphatic carbocycles. The highest BCUT2D eigenvalue weighted by molar-refractivity contribution is 7.90. The van der Waals surface area contributed by atoms with E-state index >= 15 is 0 Å². The zero-order valence-electron chi connectivity index (χ0n) is 17.6. The van der Waals surface area contributed by atoms with Crippen molar-refractivity contribution >= 4 is 27.2 Å². The molecule has 1 N–H and O–H groups in total. The number of carbonyl (C=O) groups excluding carboxylic acids is 1. The summed E-state index contributed by atoms with van der Waals surface area (Å²) in [7, 11) is -3.47. The van der Waals surface area contributed by atoms with Gasteiger partial charge in [-0.2, -0.15) is 0 Å². The number of hydrogen-bond donors (Lipinski definition) is 1. The molecule has 2 fully saturated rings. The number of nitrogens with one attached hydrogen (secondary N) is 1. The smallest absolute Gasteiger partial charge is 0.410 e. The standard InChI is InChI=1S/C21H29N3O5S/c1-21(2,3)29-20(25)24-11-16(12-24)30(26,27)23-15-8-6-14(7-9-15)17-13-28-18-5-4-10-22-19(17)18/h4-5,10,13-16,23H,6-9,11-12H2,1-3H3/t14-,15+. The van der Waals surface area contributed by atoms with Crippen molar-refractivity contribution < 1.29 is 22.4 Å². The molecule has 4 rings (SSSR count). The fourth-order valence-corrected chi connectivity index (χ4v) is 5.78. The van der Waals surface area contributed by atoms with Crippen LogP contribution in [0.3, 0.4) is 0 Å². The number of amides is 1. The van der Waals surface area contributed by atoms with Crippen molar-refractivity contribution in [2.24, 2.45) is 0 Å². The topological polar surface area (TPSA) is 102 Å². The van der Waals surface area contributed by atoms with Crippen LogP contribution in [0.25, 0.3) is 11.1 Å². The molecule has 1 saturated carbocycles. The van der Waals surface area contributed by atoms with Crippen LogP contribution < -0.4 is 4.72 Å². The fourth-order valence-electron chi connectivity index (χ4n) is 4.14. The first-order valence-corrected chi connectivity index (χ1v) is 12.0. The molecule has 0 unspecified atom stereocenters. The first kappa shape index (κ1) is 21.1. The van der Waals surface area contributed by atoms with E-state index in [1.807, 2.05) is 12.1 Å². The highest BCUT2D eigenvalue weighted by Crippen LogP contribution is 2.37. The molecule has 2 aromatic heterocycles. The monoisotopic (exact) mass is 435 g/mol. The third kappa shape index (κ3) is 4.46. The van der Waals surface area contributed by atoms with Crippen LogP contribution in [0.15, 0.2) is 29.0 Å². The lowest BCUT2D eigenvalue weighted by atomic mass is 9.82. The lowest BCUT2D eigenvalue weighted by Crippen LogP contribution is -2.61. The van der Waals surface area contributed by atoms with Gasteiger partial charge in [0.1, 0.15) is 16.4 Å². The van der Waals surface area contributed by atoms with Crippen molar-refractivity contribution in [3.05, 3.63) is 30.2 Å². The SMILES string of the molecule is CC(C)(C)OC(=O)N1CC(S(=O)(=O)N[C@H]2CC[C@@H](c3coc4cccnc43)CC2)C1. The van der Waals surface area contributed by atoms with E-state index in [9.17, 15) is 13.2 Å². The van der Waals surface area contributed by atoms with Gasteiger partial charge < -0.3 is 14.1 Å². The minimum Gasteiger partial charge on any atom is -0.462 e. The molecule has 1 amide bonds. The Morgan fingerprint density at radius 2 is 1.93 bits per heavy atom. The Labute approximate surface area is 177 Å². The van der Waals surface area contributed by atoms with Gasteiger partial charge in [-0.15, -0.1) is 0 Å². The van der Waals surface area contributed by atoms with Gasteiger partial charge in [-0.05, 0) is 64.5 Å². The lowest BCUT2D eigenvalue weighted by Gasteiger charge is -2.40. The molecular formula is C21H29N3O5S. The maximum Gasteiger partial charge on any atom is 0.410 e. The number of ether oxygens (including phenoxy) is 1. The molecule has 3 heterocycles. The molecule has 8 nitrogen and oxygen atoms in total. The maximum absolute atomic E-state index is 12.7. The molecule has 0 spiro atoms. The fraction of sp³-hybridized carbons (Fsp3) is 0.619. The van der Waals surface area contributed by atoms with Crippen LogP contribution in [0.4, 0.5) is 4.79 Å².